The van der Waals surface area contributed by atoms with E-state index in [2.05, 4.69) is 20.8 Å². The van der Waals surface area contributed by atoms with Crippen molar-refractivity contribution in [3.05, 3.63) is 12.2 Å². The largest absolute Gasteiger partial charge is 0.266 e. The first-order chi connectivity index (χ1) is 6.35. The predicted octanol–water partition coefficient (Wildman–Crippen LogP) is 5.05. The summed E-state index contributed by atoms with van der Waals surface area (Å²) in [6, 6.07) is 0. The Bertz CT molecular complexity index is 135. The highest BCUT2D eigenvalue weighted by Crippen LogP contribution is 2.19. The Labute approximate surface area is 87.4 Å². The molecule has 0 aromatic heterocycles. The van der Waals surface area contributed by atoms with Crippen LogP contribution in [0, 0.1) is 5.92 Å². The van der Waals surface area contributed by atoms with Crippen molar-refractivity contribution in [1.82, 2.24) is 0 Å². The summed E-state index contributed by atoms with van der Waals surface area (Å²) in [4.78, 5) is 0. The van der Waals surface area contributed by atoms with Crippen LogP contribution < -0.4 is 0 Å². The first-order valence-corrected chi connectivity index (χ1v) is 5.41. The smallest absolute Gasteiger partial charge is 0.202 e. The van der Waals surface area contributed by atoms with E-state index in [9.17, 15) is 8.78 Å². The van der Waals surface area contributed by atoms with Crippen LogP contribution in [0.5, 0.6) is 0 Å². The third-order valence-electron chi connectivity index (χ3n) is 1.29. The average Bonchev–Trinajstić information content (AvgIpc) is 2.04. The van der Waals surface area contributed by atoms with E-state index in [1.807, 2.05) is 6.92 Å². The minimum atomic E-state index is -2.59. The van der Waals surface area contributed by atoms with Gasteiger partial charge >= 0.3 is 0 Å². The molecule has 0 heterocycles. The Morgan fingerprint density at radius 2 is 1.57 bits per heavy atom. The number of halogens is 2. The van der Waals surface area contributed by atoms with Gasteiger partial charge in [0.1, 0.15) is 0 Å². The molecular weight excluding hydrogens is 182 g/mol. The molecule has 0 spiro atoms. The minimum Gasteiger partial charge on any atom is -0.202 e. The van der Waals surface area contributed by atoms with Crippen LogP contribution in [-0.2, 0) is 0 Å². The molecule has 14 heavy (non-hydrogen) atoms. The molecule has 0 rings (SSSR count). The fourth-order valence-electron chi connectivity index (χ4n) is 0.540. The molecule has 0 aliphatic carbocycles. The van der Waals surface area contributed by atoms with Crippen molar-refractivity contribution in [1.29, 1.82) is 0 Å². The summed E-state index contributed by atoms with van der Waals surface area (Å²) in [6.07, 6.45) is 4.11. The van der Waals surface area contributed by atoms with Crippen molar-refractivity contribution in [2.75, 3.05) is 0 Å². The van der Waals surface area contributed by atoms with Crippen LogP contribution in [0.4, 0.5) is 8.78 Å². The normalized spacial score (nSPS) is 11.7. The van der Waals surface area contributed by atoms with Crippen LogP contribution in [0.25, 0.3) is 0 Å². The summed E-state index contributed by atoms with van der Waals surface area (Å²) in [7, 11) is 0. The summed E-state index contributed by atoms with van der Waals surface area (Å²) in [5.41, 5.74) is 0. The van der Waals surface area contributed by atoms with Gasteiger partial charge in [0.05, 0.1) is 0 Å². The SMILES string of the molecule is CC(C)C.CCC/C=C\C(F)(F)CC. The Kier molecular flexibility index (Phi) is 10.5. The maximum absolute atomic E-state index is 12.4. The second kappa shape index (κ2) is 9.17. The van der Waals surface area contributed by atoms with E-state index in [1.165, 1.54) is 6.92 Å². The molecular formula is C12H24F2. The fraction of sp³-hybridized carbons (Fsp3) is 0.833. The molecule has 0 unspecified atom stereocenters. The van der Waals surface area contributed by atoms with Crippen LogP contribution in [0.1, 0.15) is 53.9 Å². The van der Waals surface area contributed by atoms with Crippen LogP contribution in [0.3, 0.4) is 0 Å². The zero-order chi connectivity index (χ0) is 11.6. The number of allylic oxidation sites excluding steroid dienone is 2. The minimum absolute atomic E-state index is 0.104. The van der Waals surface area contributed by atoms with Gasteiger partial charge in [0.2, 0.25) is 0 Å². The second-order valence-corrected chi connectivity index (χ2v) is 4.04. The molecule has 0 aliphatic heterocycles. The Morgan fingerprint density at radius 1 is 1.14 bits per heavy atom. The molecule has 0 N–H and O–H groups in total. The molecule has 0 bridgehead atoms. The number of hydrogen-bond acceptors (Lipinski definition) is 0. The molecule has 0 saturated carbocycles. The molecule has 0 aromatic carbocycles. The van der Waals surface area contributed by atoms with Crippen molar-refractivity contribution in [3.63, 3.8) is 0 Å². The van der Waals surface area contributed by atoms with E-state index in [1.54, 1.807) is 6.08 Å². The molecule has 0 atom stereocenters. The van der Waals surface area contributed by atoms with Crippen molar-refractivity contribution in [2.45, 2.75) is 59.8 Å². The van der Waals surface area contributed by atoms with Crippen molar-refractivity contribution in [3.8, 4) is 0 Å². The molecule has 0 fully saturated rings. The zero-order valence-electron chi connectivity index (χ0n) is 10.1. The van der Waals surface area contributed by atoms with E-state index in [0.29, 0.717) is 0 Å². The standard InChI is InChI=1S/C8H14F2.C4H10/c1-3-5-6-7-8(9,10)4-2;1-4(2)3/h6-7H,3-5H2,1-2H3;4H,1-3H3/b7-6-;. The van der Waals surface area contributed by atoms with Gasteiger partial charge in [-0.05, 0) is 18.4 Å². The number of alkyl halides is 2. The topological polar surface area (TPSA) is 0 Å². The maximum atomic E-state index is 12.4. The van der Waals surface area contributed by atoms with E-state index >= 15 is 0 Å². The van der Waals surface area contributed by atoms with Gasteiger partial charge in [-0.25, -0.2) is 8.78 Å². The summed E-state index contributed by atoms with van der Waals surface area (Å²) in [5.74, 6) is -1.75. The second-order valence-electron chi connectivity index (χ2n) is 4.04. The van der Waals surface area contributed by atoms with E-state index in [4.69, 9.17) is 0 Å². The van der Waals surface area contributed by atoms with Gasteiger partial charge in [-0.3, -0.25) is 0 Å². The number of unbranched alkanes of at least 4 members (excludes halogenated alkanes) is 1. The monoisotopic (exact) mass is 206 g/mol. The molecule has 0 aliphatic rings. The first-order valence-electron chi connectivity index (χ1n) is 5.41. The molecule has 0 nitrogen and oxygen atoms in total. The molecule has 0 saturated heterocycles. The lowest BCUT2D eigenvalue weighted by atomic mass is 10.2. The zero-order valence-corrected chi connectivity index (χ0v) is 10.1. The summed E-state index contributed by atoms with van der Waals surface area (Å²) >= 11 is 0. The Balaban J connectivity index is 0. The molecule has 0 aromatic rings. The highest BCUT2D eigenvalue weighted by Gasteiger charge is 2.20. The third-order valence-corrected chi connectivity index (χ3v) is 1.29. The van der Waals surface area contributed by atoms with Gasteiger partial charge < -0.3 is 0 Å². The van der Waals surface area contributed by atoms with Gasteiger partial charge in [0, 0.05) is 6.42 Å². The van der Waals surface area contributed by atoms with Crippen LogP contribution in [0.2, 0.25) is 0 Å². The van der Waals surface area contributed by atoms with E-state index in [-0.39, 0.29) is 6.42 Å². The number of hydrogen-bond donors (Lipinski definition) is 0. The van der Waals surface area contributed by atoms with Crippen LogP contribution >= 0.6 is 0 Å². The fourth-order valence-corrected chi connectivity index (χ4v) is 0.540. The highest BCUT2D eigenvalue weighted by atomic mass is 19.3. The van der Waals surface area contributed by atoms with E-state index < -0.39 is 5.92 Å². The van der Waals surface area contributed by atoms with Crippen molar-refractivity contribution in [2.24, 2.45) is 5.92 Å². The highest BCUT2D eigenvalue weighted by molar-refractivity contribution is 4.93. The Morgan fingerprint density at radius 3 is 1.86 bits per heavy atom. The lowest BCUT2D eigenvalue weighted by Crippen LogP contribution is -2.08. The van der Waals surface area contributed by atoms with Crippen LogP contribution in [-0.4, -0.2) is 5.92 Å². The molecule has 0 amide bonds. The third kappa shape index (κ3) is 17.6. The average molecular weight is 206 g/mol. The lowest BCUT2D eigenvalue weighted by Gasteiger charge is -2.06. The molecule has 2 heteroatoms. The summed E-state index contributed by atoms with van der Waals surface area (Å²) < 4.78 is 24.8. The van der Waals surface area contributed by atoms with Crippen molar-refractivity contribution < 1.29 is 8.78 Å². The molecule has 86 valence electrons. The lowest BCUT2D eigenvalue weighted by molar-refractivity contribution is 0.0508. The Hall–Kier alpha value is -0.400. The number of rotatable bonds is 4. The summed E-state index contributed by atoms with van der Waals surface area (Å²) in [5, 5.41) is 0. The maximum Gasteiger partial charge on any atom is 0.266 e. The van der Waals surface area contributed by atoms with Gasteiger partial charge in [0.25, 0.3) is 5.92 Å². The van der Waals surface area contributed by atoms with Gasteiger partial charge in [-0.15, -0.1) is 0 Å². The van der Waals surface area contributed by atoms with Crippen molar-refractivity contribution >= 4 is 0 Å². The predicted molar refractivity (Wildman–Crippen MR) is 59.8 cm³/mol. The van der Waals surface area contributed by atoms with E-state index in [0.717, 1.165) is 24.8 Å². The van der Waals surface area contributed by atoms with Crippen LogP contribution in [0.15, 0.2) is 12.2 Å². The van der Waals surface area contributed by atoms with Gasteiger partial charge in [0.15, 0.2) is 0 Å². The summed E-state index contributed by atoms with van der Waals surface area (Å²) in [6.45, 7) is 9.95. The quantitative estimate of drug-likeness (QED) is 0.564. The van der Waals surface area contributed by atoms with Gasteiger partial charge in [-0.1, -0.05) is 47.1 Å². The first kappa shape index (κ1) is 16.0. The van der Waals surface area contributed by atoms with Gasteiger partial charge in [-0.2, -0.15) is 0 Å². The molecule has 0 radical (unpaired) electrons.